The fraction of sp³-hybridized carbons (Fsp3) is 0.615. The number of aliphatic hydroxyl groups is 1. The molecule has 5 heterocycles. The summed E-state index contributed by atoms with van der Waals surface area (Å²) in [7, 11) is 0. The number of ether oxygens (including phenoxy) is 2. The Morgan fingerprint density at radius 3 is 2.67 bits per heavy atom. The molecule has 1 N–H and O–H groups in total. The maximum Gasteiger partial charge on any atom is 0.147 e. The molecule has 1 saturated carbocycles. The smallest absolute Gasteiger partial charge is 0.147 e. The molecule has 10 nitrogen and oxygen atoms in total. The van der Waals surface area contributed by atoms with Gasteiger partial charge in [-0.3, -0.25) is 4.90 Å². The minimum Gasteiger partial charge on any atom is -0.489 e. The molecule has 3 aromatic rings. The number of aliphatic hydroxyl groups excluding tert-OH is 1. The van der Waals surface area contributed by atoms with Gasteiger partial charge < -0.3 is 14.6 Å². The van der Waals surface area contributed by atoms with Crippen LogP contribution in [-0.2, 0) is 4.74 Å². The van der Waals surface area contributed by atoms with E-state index in [1.165, 1.54) is 0 Å². The Morgan fingerprint density at radius 1 is 1.19 bits per heavy atom. The monoisotopic (exact) mass is 491 g/mol. The van der Waals surface area contributed by atoms with E-state index in [0.717, 1.165) is 81.8 Å². The lowest BCUT2D eigenvalue weighted by Gasteiger charge is -2.41. The molecule has 0 spiro atoms. The third-order valence-corrected chi connectivity index (χ3v) is 8.23. The fourth-order valence-corrected chi connectivity index (χ4v) is 5.94. The Morgan fingerprint density at radius 2 is 1.97 bits per heavy atom. The topological polar surface area (TPSA) is 114 Å². The summed E-state index contributed by atoms with van der Waals surface area (Å²) in [6.07, 6.45) is 9.36. The van der Waals surface area contributed by atoms with Gasteiger partial charge in [-0.15, -0.1) is 5.10 Å². The molecule has 2 aliphatic heterocycles. The van der Waals surface area contributed by atoms with Crippen LogP contribution in [0.3, 0.4) is 0 Å². The first-order valence-electron chi connectivity index (χ1n) is 13.1. The number of nitrogens with zero attached hydrogens (tertiary/aromatic N) is 7. The normalized spacial score (nSPS) is 21.0. The van der Waals surface area contributed by atoms with E-state index in [4.69, 9.17) is 9.47 Å². The summed E-state index contributed by atoms with van der Waals surface area (Å²) in [5.74, 6) is 0.804. The van der Waals surface area contributed by atoms with Gasteiger partial charge in [-0.2, -0.15) is 10.4 Å². The van der Waals surface area contributed by atoms with E-state index in [2.05, 4.69) is 38.0 Å². The van der Waals surface area contributed by atoms with Crippen LogP contribution in [0.2, 0.25) is 0 Å². The number of nitriles is 1. The second-order valence-electron chi connectivity index (χ2n) is 10.4. The summed E-state index contributed by atoms with van der Waals surface area (Å²) < 4.78 is 15.2. The van der Waals surface area contributed by atoms with Gasteiger partial charge in [0.1, 0.15) is 35.2 Å². The molecule has 36 heavy (non-hydrogen) atoms. The van der Waals surface area contributed by atoms with Gasteiger partial charge in [0.25, 0.3) is 0 Å². The van der Waals surface area contributed by atoms with Crippen LogP contribution in [-0.4, -0.2) is 79.7 Å². The quantitative estimate of drug-likeness (QED) is 0.537. The van der Waals surface area contributed by atoms with E-state index in [1.807, 2.05) is 12.3 Å². The maximum atomic E-state index is 10.7. The Balaban J connectivity index is 1.25. The first-order chi connectivity index (χ1) is 17.6. The molecule has 3 fully saturated rings. The Labute approximate surface area is 210 Å². The van der Waals surface area contributed by atoms with Crippen LogP contribution >= 0.6 is 0 Å². The Hall–Kier alpha value is -3.00. The summed E-state index contributed by atoms with van der Waals surface area (Å²) in [6, 6.07) is 4.99. The first kappa shape index (κ1) is 23.4. The molecular formula is C26H33N7O3. The van der Waals surface area contributed by atoms with E-state index < -0.39 is 6.10 Å². The number of likely N-dealkylation sites (tertiary alicyclic amines) is 1. The second-order valence-corrected chi connectivity index (χ2v) is 10.4. The van der Waals surface area contributed by atoms with Crippen molar-refractivity contribution >= 4 is 5.52 Å². The lowest BCUT2D eigenvalue weighted by atomic mass is 10.0. The number of pyridine rings is 1. The zero-order valence-electron chi connectivity index (χ0n) is 20.7. The fourth-order valence-electron chi connectivity index (χ4n) is 5.94. The van der Waals surface area contributed by atoms with Gasteiger partial charge in [0.2, 0.25) is 0 Å². The molecule has 1 aliphatic carbocycles. The van der Waals surface area contributed by atoms with E-state index in [-0.39, 0.29) is 12.5 Å². The van der Waals surface area contributed by atoms with Crippen molar-refractivity contribution in [2.45, 2.75) is 63.6 Å². The molecule has 3 aromatic heterocycles. The number of piperidine rings is 1. The molecule has 2 saturated heterocycles. The Bertz CT molecular complexity index is 1260. The van der Waals surface area contributed by atoms with E-state index in [9.17, 15) is 10.4 Å². The van der Waals surface area contributed by atoms with Crippen molar-refractivity contribution in [2.75, 3.05) is 32.9 Å². The number of hydrogen-bond acceptors (Lipinski definition) is 8. The number of rotatable bonds is 7. The van der Waals surface area contributed by atoms with Gasteiger partial charge in [0, 0.05) is 24.8 Å². The zero-order valence-corrected chi connectivity index (χ0v) is 20.7. The van der Waals surface area contributed by atoms with Gasteiger partial charge >= 0.3 is 0 Å². The van der Waals surface area contributed by atoms with E-state index >= 15 is 0 Å². The number of aromatic nitrogens is 5. The molecule has 3 aliphatic rings. The van der Waals surface area contributed by atoms with Crippen molar-refractivity contribution in [2.24, 2.45) is 5.92 Å². The minimum absolute atomic E-state index is 0.191. The van der Waals surface area contributed by atoms with Gasteiger partial charge in [-0.25, -0.2) is 9.20 Å². The average Bonchev–Trinajstić information content (AvgIpc) is 3.61. The molecule has 6 rings (SSSR count). The first-order valence-corrected chi connectivity index (χ1v) is 13.1. The van der Waals surface area contributed by atoms with Crippen LogP contribution in [0.4, 0.5) is 0 Å². The highest BCUT2D eigenvalue weighted by molar-refractivity contribution is 5.74. The predicted octanol–water partition coefficient (Wildman–Crippen LogP) is 2.74. The maximum absolute atomic E-state index is 10.7. The highest BCUT2D eigenvalue weighted by Gasteiger charge is 2.31. The van der Waals surface area contributed by atoms with Gasteiger partial charge in [0.05, 0.1) is 43.3 Å². The molecule has 0 aromatic carbocycles. The highest BCUT2D eigenvalue weighted by Crippen LogP contribution is 2.34. The summed E-state index contributed by atoms with van der Waals surface area (Å²) in [6.45, 7) is 6.04. The SMILES string of the molecule is Cc1c(-c2cc(OCC(O)C3CCCC3)c3c(C#N)cnn3c2)nnn1C1CCN(C2COC2)CC1. The van der Waals surface area contributed by atoms with E-state index in [0.29, 0.717) is 28.9 Å². The van der Waals surface area contributed by atoms with Crippen LogP contribution in [0.25, 0.3) is 16.8 Å². The summed E-state index contributed by atoms with van der Waals surface area (Å²) in [5, 5.41) is 33.7. The zero-order chi connectivity index (χ0) is 24.6. The van der Waals surface area contributed by atoms with Crippen molar-refractivity contribution in [3.05, 3.63) is 29.7 Å². The van der Waals surface area contributed by atoms with Gasteiger partial charge in [-0.1, -0.05) is 18.1 Å². The van der Waals surface area contributed by atoms with Gasteiger partial charge in [0.15, 0.2) is 0 Å². The minimum atomic E-state index is -0.523. The van der Waals surface area contributed by atoms with Crippen molar-refractivity contribution in [1.82, 2.24) is 29.5 Å². The van der Waals surface area contributed by atoms with E-state index in [1.54, 1.807) is 10.7 Å². The molecule has 190 valence electrons. The Kier molecular flexibility index (Phi) is 6.37. The van der Waals surface area contributed by atoms with Gasteiger partial charge in [-0.05, 0) is 44.6 Å². The third kappa shape index (κ3) is 4.25. The summed E-state index contributed by atoms with van der Waals surface area (Å²) >= 11 is 0. The molecule has 1 atom stereocenters. The van der Waals surface area contributed by atoms with Crippen LogP contribution in [0, 0.1) is 24.2 Å². The summed E-state index contributed by atoms with van der Waals surface area (Å²) in [4.78, 5) is 2.52. The van der Waals surface area contributed by atoms with Crippen LogP contribution in [0.5, 0.6) is 5.75 Å². The van der Waals surface area contributed by atoms with Crippen molar-refractivity contribution in [1.29, 1.82) is 5.26 Å². The molecule has 0 amide bonds. The number of hydrogen-bond donors (Lipinski definition) is 1. The highest BCUT2D eigenvalue weighted by atomic mass is 16.5. The molecule has 1 unspecified atom stereocenters. The predicted molar refractivity (Wildman–Crippen MR) is 132 cm³/mol. The van der Waals surface area contributed by atoms with Crippen LogP contribution < -0.4 is 4.74 Å². The average molecular weight is 492 g/mol. The summed E-state index contributed by atoms with van der Waals surface area (Å²) in [5.41, 5.74) is 3.66. The lowest BCUT2D eigenvalue weighted by Crippen LogP contribution is -2.52. The lowest BCUT2D eigenvalue weighted by molar-refractivity contribution is -0.0735. The van der Waals surface area contributed by atoms with Crippen molar-refractivity contribution in [3.63, 3.8) is 0 Å². The van der Waals surface area contributed by atoms with Crippen LogP contribution in [0.15, 0.2) is 18.5 Å². The second kappa shape index (κ2) is 9.81. The van der Waals surface area contributed by atoms with Crippen molar-refractivity contribution in [3.8, 4) is 23.1 Å². The number of fused-ring (bicyclic) bond motifs is 1. The molecule has 10 heteroatoms. The molecular weight excluding hydrogens is 458 g/mol. The van der Waals surface area contributed by atoms with Crippen LogP contribution in [0.1, 0.15) is 55.8 Å². The largest absolute Gasteiger partial charge is 0.489 e. The van der Waals surface area contributed by atoms with Crippen molar-refractivity contribution < 1.29 is 14.6 Å². The third-order valence-electron chi connectivity index (χ3n) is 8.23. The molecule has 0 bridgehead atoms. The standard InChI is InChI=1S/C26H33N7O3/c1-17-25(29-30-33(17)21-6-8-31(9-7-21)22-14-35-15-22)19-10-24(26-20(11-27)12-28-32(26)13-19)36-16-23(34)18-4-2-3-5-18/h10,12-13,18,21-23,34H,2-9,14-16H2,1H3. The molecule has 0 radical (unpaired) electrons.